The number of fused-ring (bicyclic) bond motifs is 2. The molecule has 0 saturated heterocycles. The van der Waals surface area contributed by atoms with Gasteiger partial charge in [-0.25, -0.2) is 4.79 Å². The minimum atomic E-state index is -0.300. The molecule has 7 nitrogen and oxygen atoms in total. The van der Waals surface area contributed by atoms with E-state index in [4.69, 9.17) is 5.73 Å². The fraction of sp³-hybridized carbons (Fsp3) is 0.0417. The topological polar surface area (TPSA) is 109 Å². The summed E-state index contributed by atoms with van der Waals surface area (Å²) in [7, 11) is 0. The number of nitrogens with zero attached hydrogens (tertiary/aromatic N) is 2. The molecule has 152 valence electrons. The standard InChI is InChI=1S/C24H20N6O/c1-14-5-4-6-15(11-14)27-24(31)28-20-10-9-17(16-7-2-3-8-18(16)20)19-12-26-13-21-22(19)23(25)30-29-21/h2-13H,1H3,(H3,25,29,30)(H2,27,28,31). The van der Waals surface area contributed by atoms with Crippen molar-refractivity contribution >= 4 is 44.9 Å². The van der Waals surface area contributed by atoms with Crippen LogP contribution in [-0.4, -0.2) is 21.2 Å². The number of nitrogen functional groups attached to an aromatic ring is 1. The molecule has 5 rings (SSSR count). The van der Waals surface area contributed by atoms with Gasteiger partial charge < -0.3 is 16.4 Å². The lowest BCUT2D eigenvalue weighted by atomic mass is 9.96. The van der Waals surface area contributed by atoms with E-state index in [-0.39, 0.29) is 6.03 Å². The SMILES string of the molecule is Cc1cccc(NC(=O)Nc2ccc(-c3cncc4[nH]nc(N)c34)c3ccccc23)c1. The lowest BCUT2D eigenvalue weighted by Gasteiger charge is -2.14. The molecule has 0 saturated carbocycles. The van der Waals surface area contributed by atoms with Crippen LogP contribution < -0.4 is 16.4 Å². The van der Waals surface area contributed by atoms with Crippen molar-refractivity contribution in [1.82, 2.24) is 15.2 Å². The fourth-order valence-corrected chi connectivity index (χ4v) is 3.85. The second-order valence-electron chi connectivity index (χ2n) is 7.37. The van der Waals surface area contributed by atoms with Gasteiger partial charge in [-0.1, -0.05) is 42.5 Å². The largest absolute Gasteiger partial charge is 0.382 e. The first-order valence-electron chi connectivity index (χ1n) is 9.84. The second-order valence-corrected chi connectivity index (χ2v) is 7.37. The van der Waals surface area contributed by atoms with Gasteiger partial charge in [-0.3, -0.25) is 10.1 Å². The normalized spacial score (nSPS) is 11.0. The van der Waals surface area contributed by atoms with Crippen LogP contribution >= 0.6 is 0 Å². The van der Waals surface area contributed by atoms with Gasteiger partial charge in [-0.05, 0) is 41.6 Å². The van der Waals surface area contributed by atoms with Crippen molar-refractivity contribution < 1.29 is 4.79 Å². The quantitative estimate of drug-likeness (QED) is 0.324. The van der Waals surface area contributed by atoms with Crippen molar-refractivity contribution in [2.75, 3.05) is 16.4 Å². The number of urea groups is 1. The zero-order chi connectivity index (χ0) is 21.4. The predicted molar refractivity (Wildman–Crippen MR) is 125 cm³/mol. The van der Waals surface area contributed by atoms with Gasteiger partial charge in [0.1, 0.15) is 0 Å². The van der Waals surface area contributed by atoms with Gasteiger partial charge in [0.05, 0.1) is 22.8 Å². The molecule has 0 aliphatic heterocycles. The first-order chi connectivity index (χ1) is 15.1. The minimum absolute atomic E-state index is 0.300. The smallest absolute Gasteiger partial charge is 0.323 e. The summed E-state index contributed by atoms with van der Waals surface area (Å²) >= 11 is 0. The van der Waals surface area contributed by atoms with Crippen LogP contribution in [0, 0.1) is 6.92 Å². The summed E-state index contributed by atoms with van der Waals surface area (Å²) in [4.78, 5) is 16.9. The monoisotopic (exact) mass is 408 g/mol. The summed E-state index contributed by atoms with van der Waals surface area (Å²) in [5, 5.41) is 15.6. The molecule has 2 heterocycles. The second kappa shape index (κ2) is 7.46. The summed E-state index contributed by atoms with van der Waals surface area (Å²) < 4.78 is 0. The Bertz CT molecular complexity index is 1440. The van der Waals surface area contributed by atoms with E-state index in [1.54, 1.807) is 12.4 Å². The number of H-pyrrole nitrogens is 1. The van der Waals surface area contributed by atoms with Gasteiger partial charge in [0.15, 0.2) is 5.82 Å². The summed E-state index contributed by atoms with van der Waals surface area (Å²) in [5.41, 5.74) is 11.3. The van der Waals surface area contributed by atoms with Crippen LogP contribution in [-0.2, 0) is 0 Å². The van der Waals surface area contributed by atoms with E-state index in [2.05, 4.69) is 25.8 Å². The van der Waals surface area contributed by atoms with Crippen molar-refractivity contribution in [3.05, 3.63) is 78.6 Å². The van der Waals surface area contributed by atoms with Crippen molar-refractivity contribution in [2.45, 2.75) is 6.92 Å². The highest BCUT2D eigenvalue weighted by atomic mass is 16.2. The van der Waals surface area contributed by atoms with E-state index >= 15 is 0 Å². The van der Waals surface area contributed by atoms with E-state index < -0.39 is 0 Å². The number of hydrogen-bond donors (Lipinski definition) is 4. The Hall–Kier alpha value is -4.39. The number of hydrogen-bond acceptors (Lipinski definition) is 4. The van der Waals surface area contributed by atoms with Crippen LogP contribution in [0.3, 0.4) is 0 Å². The highest BCUT2D eigenvalue weighted by Gasteiger charge is 2.15. The fourth-order valence-electron chi connectivity index (χ4n) is 3.85. The predicted octanol–water partition coefficient (Wildman–Crippen LogP) is 5.31. The van der Waals surface area contributed by atoms with Crippen molar-refractivity contribution in [3.8, 4) is 11.1 Å². The van der Waals surface area contributed by atoms with Crippen LogP contribution in [0.4, 0.5) is 22.0 Å². The van der Waals surface area contributed by atoms with Crippen LogP contribution in [0.5, 0.6) is 0 Å². The lowest BCUT2D eigenvalue weighted by molar-refractivity contribution is 0.262. The third-order valence-electron chi connectivity index (χ3n) is 5.24. The van der Waals surface area contributed by atoms with Gasteiger partial charge in [0.2, 0.25) is 0 Å². The molecule has 5 aromatic rings. The van der Waals surface area contributed by atoms with Gasteiger partial charge >= 0.3 is 6.03 Å². The van der Waals surface area contributed by atoms with Crippen LogP contribution in [0.1, 0.15) is 5.56 Å². The molecule has 0 spiro atoms. The number of carbonyl (C=O) groups is 1. The Morgan fingerprint density at radius 1 is 0.935 bits per heavy atom. The molecule has 2 amide bonds. The molecule has 2 aromatic heterocycles. The minimum Gasteiger partial charge on any atom is -0.382 e. The molecule has 0 unspecified atom stereocenters. The molecule has 7 heteroatoms. The number of anilines is 3. The highest BCUT2D eigenvalue weighted by molar-refractivity contribution is 6.13. The average molecular weight is 408 g/mol. The molecule has 31 heavy (non-hydrogen) atoms. The maximum atomic E-state index is 12.6. The Kier molecular flexibility index (Phi) is 4.48. The Labute approximate surface area is 178 Å². The number of nitrogens with one attached hydrogen (secondary N) is 3. The van der Waals surface area contributed by atoms with Gasteiger partial charge in [-0.2, -0.15) is 5.10 Å². The molecule has 3 aromatic carbocycles. The van der Waals surface area contributed by atoms with E-state index in [0.29, 0.717) is 11.5 Å². The zero-order valence-electron chi connectivity index (χ0n) is 16.8. The van der Waals surface area contributed by atoms with Crippen molar-refractivity contribution in [3.63, 3.8) is 0 Å². The van der Waals surface area contributed by atoms with E-state index in [1.807, 2.05) is 67.6 Å². The number of benzene rings is 3. The summed E-state index contributed by atoms with van der Waals surface area (Å²) in [6.07, 6.45) is 3.49. The van der Waals surface area contributed by atoms with Crippen LogP contribution in [0.15, 0.2) is 73.1 Å². The number of aromatic amines is 1. The summed E-state index contributed by atoms with van der Waals surface area (Å²) in [6.45, 7) is 1.98. The van der Waals surface area contributed by atoms with Gasteiger partial charge in [0.25, 0.3) is 0 Å². The number of carbonyl (C=O) groups excluding carboxylic acids is 1. The molecule has 0 radical (unpaired) electrons. The van der Waals surface area contributed by atoms with Crippen molar-refractivity contribution in [1.29, 1.82) is 0 Å². The van der Waals surface area contributed by atoms with Gasteiger partial charge in [-0.15, -0.1) is 0 Å². The lowest BCUT2D eigenvalue weighted by Crippen LogP contribution is -2.19. The maximum Gasteiger partial charge on any atom is 0.323 e. The van der Waals surface area contributed by atoms with Crippen LogP contribution in [0.25, 0.3) is 32.8 Å². The molecule has 0 fully saturated rings. The van der Waals surface area contributed by atoms with Gasteiger partial charge in [0, 0.05) is 22.8 Å². The zero-order valence-corrected chi connectivity index (χ0v) is 16.8. The van der Waals surface area contributed by atoms with Crippen molar-refractivity contribution in [2.24, 2.45) is 0 Å². The maximum absolute atomic E-state index is 12.6. The number of aromatic nitrogens is 3. The molecule has 0 aliphatic rings. The number of nitrogens with two attached hydrogens (primary N) is 1. The molecular weight excluding hydrogens is 388 g/mol. The molecule has 0 aliphatic carbocycles. The Morgan fingerprint density at radius 2 is 1.77 bits per heavy atom. The molecule has 0 bridgehead atoms. The van der Waals surface area contributed by atoms with Crippen LogP contribution in [0.2, 0.25) is 0 Å². The molecular formula is C24H20N6O. The third-order valence-corrected chi connectivity index (χ3v) is 5.24. The average Bonchev–Trinajstić information content (AvgIpc) is 3.15. The summed E-state index contributed by atoms with van der Waals surface area (Å²) in [5.74, 6) is 0.427. The first kappa shape index (κ1) is 18.6. The number of pyridine rings is 1. The Morgan fingerprint density at radius 3 is 2.61 bits per heavy atom. The third kappa shape index (κ3) is 3.42. The van der Waals surface area contributed by atoms with E-state index in [0.717, 1.165) is 44.1 Å². The number of aryl methyl sites for hydroxylation is 1. The summed E-state index contributed by atoms with van der Waals surface area (Å²) in [6, 6.07) is 19.1. The number of amides is 2. The molecule has 5 N–H and O–H groups in total. The van der Waals surface area contributed by atoms with E-state index in [1.165, 1.54) is 0 Å². The highest BCUT2D eigenvalue weighted by Crippen LogP contribution is 2.37. The molecule has 0 atom stereocenters. The first-order valence-corrected chi connectivity index (χ1v) is 9.84. The van der Waals surface area contributed by atoms with E-state index in [9.17, 15) is 4.79 Å². The number of rotatable bonds is 3. The Balaban J connectivity index is 1.55.